The van der Waals surface area contributed by atoms with E-state index in [2.05, 4.69) is 80.6 Å². The van der Waals surface area contributed by atoms with Crippen LogP contribution in [0.2, 0.25) is 22.2 Å². The van der Waals surface area contributed by atoms with Crippen molar-refractivity contribution in [1.82, 2.24) is 19.5 Å². The summed E-state index contributed by atoms with van der Waals surface area (Å²) in [6, 6.07) is 0. The number of rotatable bonds is 7. The summed E-state index contributed by atoms with van der Waals surface area (Å²) < 4.78 is 29.1. The summed E-state index contributed by atoms with van der Waals surface area (Å²) in [5.74, 6) is 0.291. The number of carbonyl (C=O) groups excluding carboxylic acids is 2. The molecule has 2 aromatic heterocycles. The number of ether oxygens (including phenoxy) is 1. The average molecular weight is 605 g/mol. The van der Waals surface area contributed by atoms with Gasteiger partial charge in [0.05, 0.1) is 12.9 Å². The number of ketones is 1. The number of carbonyl (C=O) groups is 2. The number of amides is 1. The molecule has 0 radical (unpaired) electrons. The third-order valence-corrected chi connectivity index (χ3v) is 18.8. The maximum atomic E-state index is 14.2. The first-order valence-corrected chi connectivity index (χ1v) is 18.7. The van der Waals surface area contributed by atoms with Crippen molar-refractivity contribution in [3.8, 4) is 0 Å². The number of Topliss-reactive ketones (excluding diaryl/α,β-unsaturated/α-hetero) is 1. The molecule has 41 heavy (non-hydrogen) atoms. The molecule has 0 spiro atoms. The van der Waals surface area contributed by atoms with Crippen molar-refractivity contribution in [3.63, 3.8) is 0 Å². The van der Waals surface area contributed by atoms with Crippen molar-refractivity contribution in [3.05, 3.63) is 6.33 Å². The van der Waals surface area contributed by atoms with E-state index in [0.29, 0.717) is 17.0 Å². The molecule has 226 valence electrons. The first kappa shape index (κ1) is 30.2. The van der Waals surface area contributed by atoms with Gasteiger partial charge in [-0.25, -0.2) is 4.98 Å². The molecule has 3 atom stereocenters. The molecule has 1 amide bonds. The normalized spacial score (nSPS) is 26.0. The van der Waals surface area contributed by atoms with Crippen LogP contribution in [-0.4, -0.2) is 80.2 Å². The highest BCUT2D eigenvalue weighted by Crippen LogP contribution is 2.48. The lowest BCUT2D eigenvalue weighted by atomic mass is 10.1. The summed E-state index contributed by atoms with van der Waals surface area (Å²) in [5.41, 5.74) is 1.51. The Hall–Kier alpha value is -2.24. The van der Waals surface area contributed by atoms with Gasteiger partial charge in [0.15, 0.2) is 23.2 Å². The van der Waals surface area contributed by atoms with Crippen LogP contribution in [0, 0.1) is 0 Å². The highest BCUT2D eigenvalue weighted by molar-refractivity contribution is 6.84. The van der Waals surface area contributed by atoms with Crippen LogP contribution in [0.5, 0.6) is 0 Å². The maximum absolute atomic E-state index is 14.2. The number of fused-ring (bicyclic) bond motifs is 2. The van der Waals surface area contributed by atoms with Gasteiger partial charge in [-0.05, 0) is 28.6 Å². The molecule has 0 aliphatic carbocycles. The van der Waals surface area contributed by atoms with Crippen LogP contribution in [0.4, 0.5) is 11.8 Å². The number of imidazole rings is 1. The van der Waals surface area contributed by atoms with Crippen LogP contribution in [0.25, 0.3) is 11.2 Å². The fraction of sp³-hybridized carbons (Fsp3) is 0.741. The van der Waals surface area contributed by atoms with Gasteiger partial charge >= 0.3 is 17.1 Å². The minimum Gasteiger partial charge on any atom is -0.414 e. The second-order valence-corrected chi connectivity index (χ2v) is 21.5. The Morgan fingerprint density at radius 1 is 1.00 bits per heavy atom. The summed E-state index contributed by atoms with van der Waals surface area (Å²) in [7, 11) is -5.77. The number of aromatic nitrogens is 4. The molecule has 0 bridgehead atoms. The van der Waals surface area contributed by atoms with E-state index in [1.54, 1.807) is 10.9 Å². The van der Waals surface area contributed by atoms with Crippen molar-refractivity contribution < 1.29 is 27.3 Å². The minimum atomic E-state index is -2.99. The Balaban J connectivity index is 1.57. The third-order valence-electron chi connectivity index (χ3n) is 8.59. The van der Waals surface area contributed by atoms with E-state index in [1.807, 2.05) is 0 Å². The summed E-state index contributed by atoms with van der Waals surface area (Å²) >= 11 is 0. The first-order chi connectivity index (χ1) is 19.3. The smallest absolute Gasteiger partial charge is 0.335 e. The van der Waals surface area contributed by atoms with Gasteiger partial charge in [0.1, 0.15) is 12.2 Å². The summed E-state index contributed by atoms with van der Waals surface area (Å²) in [6.07, 6.45) is 0.154. The summed E-state index contributed by atoms with van der Waals surface area (Å²) in [6.45, 7) is 20.4. The molecule has 5 rings (SSSR count). The topological polar surface area (TPSA) is 130 Å². The predicted molar refractivity (Wildman–Crippen MR) is 159 cm³/mol. The van der Waals surface area contributed by atoms with E-state index in [-0.39, 0.29) is 46.4 Å². The number of anilines is 2. The van der Waals surface area contributed by atoms with Crippen LogP contribution in [0.15, 0.2) is 6.33 Å². The third kappa shape index (κ3) is 5.05. The first-order valence-electron chi connectivity index (χ1n) is 14.8. The van der Waals surface area contributed by atoms with E-state index in [9.17, 15) is 9.59 Å². The van der Waals surface area contributed by atoms with Crippen molar-refractivity contribution >= 4 is 51.7 Å². The van der Waals surface area contributed by atoms with Gasteiger partial charge in [0.2, 0.25) is 17.6 Å². The molecule has 2 aromatic rings. The minimum absolute atomic E-state index is 0.0854. The van der Waals surface area contributed by atoms with E-state index < -0.39 is 35.6 Å². The van der Waals surface area contributed by atoms with Gasteiger partial charge in [-0.15, -0.1) is 0 Å². The fourth-order valence-corrected chi connectivity index (χ4v) is 17.4. The molecular weight excluding hydrogens is 561 g/mol. The lowest BCUT2D eigenvalue weighted by Crippen LogP contribution is -2.65. The summed E-state index contributed by atoms with van der Waals surface area (Å²) in [4.78, 5) is 41.8. The molecule has 3 aliphatic rings. The quantitative estimate of drug-likeness (QED) is 0.453. The monoisotopic (exact) mass is 604 g/mol. The number of nitrogens with zero attached hydrogens (tertiary/aromatic N) is 5. The Morgan fingerprint density at radius 3 is 2.17 bits per heavy atom. The molecular formula is C27H44N6O6Si2. The lowest BCUT2D eigenvalue weighted by Gasteiger charge is -2.50. The van der Waals surface area contributed by atoms with Gasteiger partial charge in [0.25, 0.3) is 0 Å². The Bertz CT molecular complexity index is 1300. The van der Waals surface area contributed by atoms with E-state index in [1.165, 1.54) is 6.92 Å². The zero-order valence-corrected chi connectivity index (χ0v) is 27.6. The average Bonchev–Trinajstić information content (AvgIpc) is 3.37. The summed E-state index contributed by atoms with van der Waals surface area (Å²) in [5, 5.41) is 2.69. The molecule has 14 heteroatoms. The Kier molecular flexibility index (Phi) is 8.20. The lowest BCUT2D eigenvalue weighted by molar-refractivity contribution is -0.130. The largest absolute Gasteiger partial charge is 0.414 e. The molecule has 1 N–H and O–H groups in total. The highest BCUT2D eigenvalue weighted by atomic mass is 28.5. The number of hydrogen-bond acceptors (Lipinski definition) is 10. The van der Waals surface area contributed by atoms with Crippen LogP contribution in [0.1, 0.15) is 75.0 Å². The highest BCUT2D eigenvalue weighted by Gasteiger charge is 2.61. The van der Waals surface area contributed by atoms with Gasteiger partial charge in [-0.1, -0.05) is 55.4 Å². The molecule has 3 saturated heterocycles. The number of nitrogens with one attached hydrogen (secondary N) is 1. The van der Waals surface area contributed by atoms with Crippen molar-refractivity contribution in [2.24, 2.45) is 0 Å². The molecule has 3 aliphatic heterocycles. The Morgan fingerprint density at radius 2 is 1.63 bits per heavy atom. The van der Waals surface area contributed by atoms with Crippen molar-refractivity contribution in [2.45, 2.75) is 109 Å². The van der Waals surface area contributed by atoms with Gasteiger partial charge < -0.3 is 22.6 Å². The van der Waals surface area contributed by atoms with Gasteiger partial charge in [0, 0.05) is 20.0 Å². The van der Waals surface area contributed by atoms with E-state index in [0.717, 1.165) is 19.5 Å². The van der Waals surface area contributed by atoms with E-state index in [4.69, 9.17) is 17.7 Å². The second kappa shape index (κ2) is 11.1. The van der Waals surface area contributed by atoms with E-state index >= 15 is 0 Å². The van der Waals surface area contributed by atoms with Crippen LogP contribution in [0.3, 0.4) is 0 Å². The van der Waals surface area contributed by atoms with Gasteiger partial charge in [-0.2, -0.15) is 9.97 Å². The fourth-order valence-electron chi connectivity index (χ4n) is 6.25. The maximum Gasteiger partial charge on any atom is 0.335 e. The van der Waals surface area contributed by atoms with Crippen LogP contribution in [-0.2, 0) is 27.3 Å². The molecule has 0 aromatic carbocycles. The molecule has 0 unspecified atom stereocenters. The van der Waals surface area contributed by atoms with Crippen LogP contribution < -0.4 is 10.2 Å². The van der Waals surface area contributed by atoms with Crippen molar-refractivity contribution in [2.75, 3.05) is 29.9 Å². The van der Waals surface area contributed by atoms with Crippen molar-refractivity contribution in [1.29, 1.82) is 0 Å². The zero-order chi connectivity index (χ0) is 29.9. The van der Waals surface area contributed by atoms with Crippen LogP contribution >= 0.6 is 0 Å². The predicted octanol–water partition coefficient (Wildman–Crippen LogP) is 4.42. The standard InChI is InChI=1S/C27H44N6O6Si2/c1-15(2)40(16(3)4)36-13-20-23(38-41(39-40,17(5)6)18(7)8)22(35)26(37-20)33-14-28-21-24(32-11-10-12-32)30-27(29-19(9)34)31-25(21)33/h14-18,20,23,26H,10-13H2,1-9H3,(H,29,30,31,34)/t20-,23-,26-/m1/s1. The molecule has 5 heterocycles. The number of hydrogen-bond donors (Lipinski definition) is 1. The second-order valence-electron chi connectivity index (χ2n) is 12.7. The SMILES string of the molecule is CC(=O)Nc1nc(N2CCC2)c2ncn([C@@H]3O[C@@H]4CO[Si](C(C)C)(C(C)C)O[Si](C(C)C)(C(C)C)O[C@H]4C3=O)c2n1. The molecule has 12 nitrogen and oxygen atoms in total. The molecule has 3 fully saturated rings. The Labute approximate surface area is 244 Å². The zero-order valence-electron chi connectivity index (χ0n) is 25.6. The van der Waals surface area contributed by atoms with Gasteiger partial charge in [-0.3, -0.25) is 19.5 Å². The molecule has 0 saturated carbocycles.